The Bertz CT molecular complexity index is 4870. The molecule has 4 nitrogen and oxygen atoms in total. The molecule has 5 heteroatoms. The SMILES string of the molecule is c1ccc(-c2ccc(-c3ccc(-c4nc(-c5ccc(-c6ccc(-c7ccccc7)cc6)cc5)nc(-c5ccc(-n6c7cc8ccccc8cc7c7cc8ccccc8cc76)cc5-c5cccc6sc7ccccc7c56)n4)cc3)cc2)cc1. The van der Waals surface area contributed by atoms with Gasteiger partial charge in [-0.15, -0.1) is 11.3 Å². The van der Waals surface area contributed by atoms with Gasteiger partial charge in [0.2, 0.25) is 0 Å². The fraction of sp³-hybridized carbons (Fsp3) is 0. The van der Waals surface area contributed by atoms with Gasteiger partial charge in [-0.25, -0.2) is 15.0 Å². The van der Waals surface area contributed by atoms with E-state index in [9.17, 15) is 0 Å². The Kier molecular flexibility index (Phi) is 11.4. The van der Waals surface area contributed by atoms with Gasteiger partial charge in [-0.2, -0.15) is 0 Å². The highest BCUT2D eigenvalue weighted by Gasteiger charge is 2.22. The monoisotopic (exact) mass is 1060 g/mol. The zero-order chi connectivity index (χ0) is 54.1. The molecule has 13 aromatic carbocycles. The van der Waals surface area contributed by atoms with Crippen LogP contribution in [0.5, 0.6) is 0 Å². The van der Waals surface area contributed by atoms with Crippen LogP contribution < -0.4 is 0 Å². The lowest BCUT2D eigenvalue weighted by Crippen LogP contribution is -2.02. The molecular weight excluding hydrogens is 1010 g/mol. The molecule has 382 valence electrons. The van der Waals surface area contributed by atoms with Crippen LogP contribution in [0.3, 0.4) is 0 Å². The van der Waals surface area contributed by atoms with Crippen LogP contribution >= 0.6 is 11.3 Å². The molecule has 0 radical (unpaired) electrons. The molecule has 0 atom stereocenters. The van der Waals surface area contributed by atoms with Gasteiger partial charge in [0.05, 0.1) is 11.0 Å². The first-order chi connectivity index (χ1) is 40.6. The Morgan fingerprint density at radius 3 is 1.12 bits per heavy atom. The maximum Gasteiger partial charge on any atom is 0.164 e. The van der Waals surface area contributed by atoms with Crippen LogP contribution in [0.2, 0.25) is 0 Å². The van der Waals surface area contributed by atoms with Crippen molar-refractivity contribution in [1.29, 1.82) is 0 Å². The number of nitrogens with zero attached hydrogens (tertiary/aromatic N) is 4. The number of thiophene rings is 1. The van der Waals surface area contributed by atoms with E-state index in [1.165, 1.54) is 74.7 Å². The van der Waals surface area contributed by atoms with E-state index < -0.39 is 0 Å². The highest BCUT2D eigenvalue weighted by molar-refractivity contribution is 7.26. The second-order valence-corrected chi connectivity index (χ2v) is 22.2. The molecule has 0 aliphatic carbocycles. The summed E-state index contributed by atoms with van der Waals surface area (Å²) in [6, 6.07) is 105. The van der Waals surface area contributed by atoms with Crippen molar-refractivity contribution in [2.45, 2.75) is 0 Å². The molecule has 0 fully saturated rings. The van der Waals surface area contributed by atoms with Crippen molar-refractivity contribution >= 4 is 74.9 Å². The van der Waals surface area contributed by atoms with Gasteiger partial charge in [-0.05, 0) is 132 Å². The molecule has 3 heterocycles. The van der Waals surface area contributed by atoms with Crippen molar-refractivity contribution in [3.63, 3.8) is 0 Å². The third kappa shape index (κ3) is 8.34. The van der Waals surface area contributed by atoms with E-state index in [1.54, 1.807) is 0 Å². The molecule has 0 N–H and O–H groups in total. The maximum atomic E-state index is 5.50. The summed E-state index contributed by atoms with van der Waals surface area (Å²) in [5.74, 6) is 1.79. The first kappa shape index (κ1) is 47.4. The van der Waals surface area contributed by atoms with E-state index in [0.717, 1.165) is 66.8 Å². The predicted octanol–water partition coefficient (Wildman–Crippen LogP) is 21.0. The van der Waals surface area contributed by atoms with E-state index in [1.807, 2.05) is 11.3 Å². The molecule has 3 aromatic heterocycles. The number of hydrogen-bond acceptors (Lipinski definition) is 4. The van der Waals surface area contributed by atoms with Crippen molar-refractivity contribution < 1.29 is 0 Å². The lowest BCUT2D eigenvalue weighted by molar-refractivity contribution is 1.07. The summed E-state index contributed by atoms with van der Waals surface area (Å²) in [6.45, 7) is 0. The minimum atomic E-state index is 0.596. The van der Waals surface area contributed by atoms with E-state index in [4.69, 9.17) is 15.0 Å². The molecule has 0 unspecified atom stereocenters. The molecule has 0 amide bonds. The Morgan fingerprint density at radius 1 is 0.244 bits per heavy atom. The summed E-state index contributed by atoms with van der Waals surface area (Å²) >= 11 is 1.83. The van der Waals surface area contributed by atoms with Gasteiger partial charge in [-0.1, -0.05) is 237 Å². The molecule has 16 rings (SSSR count). The third-order valence-electron chi connectivity index (χ3n) is 16.3. The van der Waals surface area contributed by atoms with E-state index >= 15 is 0 Å². The van der Waals surface area contributed by atoms with Crippen molar-refractivity contribution in [2.24, 2.45) is 0 Å². The number of hydrogen-bond donors (Lipinski definition) is 0. The quantitative estimate of drug-likeness (QED) is 0.145. The lowest BCUT2D eigenvalue weighted by Gasteiger charge is -2.17. The zero-order valence-electron chi connectivity index (χ0n) is 44.4. The molecule has 0 spiro atoms. The Morgan fingerprint density at radius 2 is 0.634 bits per heavy atom. The first-order valence-corrected chi connectivity index (χ1v) is 28.6. The van der Waals surface area contributed by atoms with Crippen molar-refractivity contribution in [1.82, 2.24) is 19.5 Å². The average Bonchev–Trinajstić information content (AvgIpc) is 4.24. The van der Waals surface area contributed by atoms with Crippen LogP contribution in [-0.4, -0.2) is 19.5 Å². The van der Waals surface area contributed by atoms with Crippen molar-refractivity contribution in [2.75, 3.05) is 0 Å². The normalized spacial score (nSPS) is 11.7. The molecule has 0 bridgehead atoms. The Balaban J connectivity index is 0.888. The first-order valence-electron chi connectivity index (χ1n) is 27.8. The second kappa shape index (κ2) is 19.6. The number of aromatic nitrogens is 4. The standard InChI is InChI=1S/C77H48N4S/c1-3-14-49(15-4-1)51-26-30-53(31-27-51)55-34-38-57(39-35-55)75-78-76(58-40-36-56(37-41-58)54-32-28-52(29-33-54)50-16-5-2-6-17-50)80-77(79-75)65-43-42-63(48-67(65)64-23-13-25-73-74(64)66-22-11-12-24-72(66)82-73)81-70-46-61-20-9-7-18-59(61)44-68(70)69-45-60-19-8-10-21-62(60)47-71(69)81/h1-48H. The van der Waals surface area contributed by atoms with Crippen molar-refractivity contribution in [3.05, 3.63) is 291 Å². The van der Waals surface area contributed by atoms with E-state index in [-0.39, 0.29) is 0 Å². The maximum absolute atomic E-state index is 5.50. The summed E-state index contributed by atoms with van der Waals surface area (Å²) in [4.78, 5) is 16.3. The van der Waals surface area contributed by atoms with Crippen LogP contribution in [0, 0.1) is 0 Å². The summed E-state index contributed by atoms with van der Waals surface area (Å²) in [7, 11) is 0. The smallest absolute Gasteiger partial charge is 0.164 e. The van der Waals surface area contributed by atoms with Crippen LogP contribution in [0.15, 0.2) is 291 Å². The molecular formula is C77H48N4S. The Labute approximate surface area is 478 Å². The van der Waals surface area contributed by atoms with Gasteiger partial charge in [0.1, 0.15) is 0 Å². The summed E-state index contributed by atoms with van der Waals surface area (Å²) in [5, 5.41) is 9.71. The summed E-state index contributed by atoms with van der Waals surface area (Å²) in [6.07, 6.45) is 0. The molecule has 0 saturated carbocycles. The van der Waals surface area contributed by atoms with Gasteiger partial charge in [0.25, 0.3) is 0 Å². The topological polar surface area (TPSA) is 43.6 Å². The molecule has 0 saturated heterocycles. The predicted molar refractivity (Wildman–Crippen MR) is 346 cm³/mol. The van der Waals surface area contributed by atoms with Gasteiger partial charge in [0, 0.05) is 53.3 Å². The number of rotatable bonds is 9. The number of fused-ring (bicyclic) bond motifs is 8. The largest absolute Gasteiger partial charge is 0.309 e. The fourth-order valence-corrected chi connectivity index (χ4v) is 13.2. The summed E-state index contributed by atoms with van der Waals surface area (Å²) < 4.78 is 4.94. The van der Waals surface area contributed by atoms with Crippen molar-refractivity contribution in [3.8, 4) is 95.5 Å². The number of benzene rings is 13. The van der Waals surface area contributed by atoms with Crippen LogP contribution in [-0.2, 0) is 0 Å². The minimum Gasteiger partial charge on any atom is -0.309 e. The zero-order valence-corrected chi connectivity index (χ0v) is 45.2. The van der Waals surface area contributed by atoms with Crippen LogP contribution in [0.1, 0.15) is 0 Å². The van der Waals surface area contributed by atoms with Crippen LogP contribution in [0.4, 0.5) is 0 Å². The average molecular weight is 1060 g/mol. The van der Waals surface area contributed by atoms with Gasteiger partial charge >= 0.3 is 0 Å². The molecule has 0 aliphatic heterocycles. The fourth-order valence-electron chi connectivity index (χ4n) is 12.1. The third-order valence-corrected chi connectivity index (χ3v) is 17.4. The second-order valence-electron chi connectivity index (χ2n) is 21.1. The lowest BCUT2D eigenvalue weighted by atomic mass is 9.94. The molecule has 16 aromatic rings. The van der Waals surface area contributed by atoms with E-state index in [0.29, 0.717) is 17.5 Å². The highest BCUT2D eigenvalue weighted by atomic mass is 32.1. The van der Waals surface area contributed by atoms with Gasteiger partial charge in [0.15, 0.2) is 17.5 Å². The minimum absolute atomic E-state index is 0.596. The van der Waals surface area contributed by atoms with Gasteiger partial charge in [-0.3, -0.25) is 0 Å². The van der Waals surface area contributed by atoms with Gasteiger partial charge < -0.3 is 4.57 Å². The highest BCUT2D eigenvalue weighted by Crippen LogP contribution is 2.45. The van der Waals surface area contributed by atoms with E-state index in [2.05, 4.69) is 296 Å². The Hall–Kier alpha value is -10.6. The summed E-state index contributed by atoms with van der Waals surface area (Å²) in [5.41, 5.74) is 17.5. The molecule has 82 heavy (non-hydrogen) atoms. The van der Waals surface area contributed by atoms with Crippen LogP contribution in [0.25, 0.3) is 159 Å². The molecule has 0 aliphatic rings.